The van der Waals surface area contributed by atoms with Crippen molar-refractivity contribution in [3.63, 3.8) is 0 Å². The zero-order valence-electron chi connectivity index (χ0n) is 17.4. The van der Waals surface area contributed by atoms with Crippen LogP contribution in [0.3, 0.4) is 0 Å². The fourth-order valence-electron chi connectivity index (χ4n) is 4.58. The van der Waals surface area contributed by atoms with E-state index in [9.17, 15) is 9.59 Å². The third kappa shape index (κ3) is 2.92. The van der Waals surface area contributed by atoms with Crippen LogP contribution in [0.5, 0.6) is 0 Å². The number of aryl methyl sites for hydroxylation is 3. The lowest BCUT2D eigenvalue weighted by Crippen LogP contribution is -2.39. The summed E-state index contributed by atoms with van der Waals surface area (Å²) < 4.78 is 5.37. The molecule has 0 N–H and O–H groups in total. The van der Waals surface area contributed by atoms with Gasteiger partial charge in [0.1, 0.15) is 6.54 Å². The Morgan fingerprint density at radius 2 is 1.84 bits per heavy atom. The van der Waals surface area contributed by atoms with Gasteiger partial charge in [-0.3, -0.25) is 14.6 Å². The molecule has 0 saturated carbocycles. The molecule has 3 aliphatic rings. The lowest BCUT2D eigenvalue weighted by Gasteiger charge is -2.19. The number of fused-ring (bicyclic) bond motifs is 2. The monoisotopic (exact) mass is 428 g/mol. The predicted molar refractivity (Wildman–Crippen MR) is 113 cm³/mol. The Morgan fingerprint density at radius 1 is 1.03 bits per heavy atom. The van der Waals surface area contributed by atoms with E-state index in [4.69, 9.17) is 4.52 Å². The van der Waals surface area contributed by atoms with Gasteiger partial charge in [-0.05, 0) is 49.4 Å². The molecule has 0 radical (unpaired) electrons. The molecule has 2 atom stereocenters. The highest BCUT2D eigenvalue weighted by Gasteiger charge is 2.55. The third-order valence-electron chi connectivity index (χ3n) is 6.27. The number of imide groups is 1. The standard InChI is InChI=1S/C23H20N6O3/c1-13-5-7-15(8-6-13)21-24-18(32-26-21)12-28-20-19(25-27-28)22(30)29(23(20)31)17-10-9-14-3-2-4-16(14)11-17/h5-11,19-20H,2-4,12H2,1H3/t19-,20+/m0/s1. The van der Waals surface area contributed by atoms with Gasteiger partial charge in [0.2, 0.25) is 11.7 Å². The average Bonchev–Trinajstić information content (AvgIpc) is 3.56. The molecular weight excluding hydrogens is 408 g/mol. The number of benzene rings is 2. The largest absolute Gasteiger partial charge is 0.337 e. The third-order valence-corrected chi connectivity index (χ3v) is 6.27. The molecule has 160 valence electrons. The minimum absolute atomic E-state index is 0.0978. The highest BCUT2D eigenvalue weighted by molar-refractivity contribution is 6.25. The first-order valence-electron chi connectivity index (χ1n) is 10.6. The highest BCUT2D eigenvalue weighted by atomic mass is 16.5. The molecule has 6 rings (SSSR count). The Morgan fingerprint density at radius 3 is 2.69 bits per heavy atom. The summed E-state index contributed by atoms with van der Waals surface area (Å²) in [6.07, 6.45) is 3.11. The van der Waals surface area contributed by atoms with E-state index in [0.717, 1.165) is 30.4 Å². The number of rotatable bonds is 4. The number of anilines is 1. The minimum atomic E-state index is -0.852. The van der Waals surface area contributed by atoms with Gasteiger partial charge in [-0.15, -0.1) is 0 Å². The molecule has 3 heterocycles. The van der Waals surface area contributed by atoms with Crippen LogP contribution in [0, 0.1) is 6.92 Å². The van der Waals surface area contributed by atoms with Crippen molar-refractivity contribution >= 4 is 17.5 Å². The maximum Gasteiger partial charge on any atom is 0.263 e. The summed E-state index contributed by atoms with van der Waals surface area (Å²) in [4.78, 5) is 31.9. The normalized spacial score (nSPS) is 21.5. The number of hydrogen-bond acceptors (Lipinski definition) is 8. The summed E-state index contributed by atoms with van der Waals surface area (Å²) in [6, 6.07) is 11.9. The van der Waals surface area contributed by atoms with Crippen LogP contribution >= 0.6 is 0 Å². The van der Waals surface area contributed by atoms with Crippen LogP contribution in [0.1, 0.15) is 29.0 Å². The number of hydrogen-bond donors (Lipinski definition) is 0. The lowest BCUT2D eigenvalue weighted by molar-refractivity contribution is -0.123. The average molecular weight is 428 g/mol. The van der Waals surface area contributed by atoms with Crippen molar-refractivity contribution in [3.05, 3.63) is 65.0 Å². The molecule has 32 heavy (non-hydrogen) atoms. The van der Waals surface area contributed by atoms with E-state index in [-0.39, 0.29) is 18.4 Å². The van der Waals surface area contributed by atoms with Crippen molar-refractivity contribution in [1.29, 1.82) is 0 Å². The van der Waals surface area contributed by atoms with Crippen LogP contribution in [0.4, 0.5) is 5.69 Å². The van der Waals surface area contributed by atoms with Crippen molar-refractivity contribution in [2.45, 2.75) is 44.8 Å². The number of amides is 2. The van der Waals surface area contributed by atoms with E-state index in [1.165, 1.54) is 21.0 Å². The van der Waals surface area contributed by atoms with E-state index >= 15 is 0 Å². The van der Waals surface area contributed by atoms with Gasteiger partial charge in [-0.2, -0.15) is 10.1 Å². The summed E-state index contributed by atoms with van der Waals surface area (Å²) in [5.41, 5.74) is 5.06. The number of aromatic nitrogens is 2. The number of nitrogens with zero attached hydrogens (tertiary/aromatic N) is 6. The molecule has 1 aliphatic carbocycles. The predicted octanol–water partition coefficient (Wildman–Crippen LogP) is 3.03. The summed E-state index contributed by atoms with van der Waals surface area (Å²) in [5.74, 6) is 0.0778. The van der Waals surface area contributed by atoms with Crippen LogP contribution in [0.25, 0.3) is 11.4 Å². The molecule has 0 unspecified atom stereocenters. The van der Waals surface area contributed by atoms with Crippen molar-refractivity contribution < 1.29 is 14.1 Å². The van der Waals surface area contributed by atoms with Crippen molar-refractivity contribution in [2.24, 2.45) is 10.3 Å². The molecule has 1 saturated heterocycles. The molecule has 9 heteroatoms. The Hall–Kier alpha value is -3.88. The maximum absolute atomic E-state index is 13.2. The second-order valence-electron chi connectivity index (χ2n) is 8.39. The van der Waals surface area contributed by atoms with E-state index in [1.54, 1.807) is 0 Å². The maximum atomic E-state index is 13.2. The quantitative estimate of drug-likeness (QED) is 0.592. The van der Waals surface area contributed by atoms with Crippen molar-refractivity contribution in [1.82, 2.24) is 15.1 Å². The van der Waals surface area contributed by atoms with Crippen LogP contribution in [0.15, 0.2) is 57.3 Å². The second-order valence-corrected chi connectivity index (χ2v) is 8.39. The Bertz CT molecular complexity index is 1260. The molecule has 2 amide bonds. The molecule has 3 aromatic rings. The van der Waals surface area contributed by atoms with Gasteiger partial charge in [0, 0.05) is 5.56 Å². The Balaban J connectivity index is 1.23. The van der Waals surface area contributed by atoms with Crippen LogP contribution in [-0.2, 0) is 29.0 Å². The van der Waals surface area contributed by atoms with Crippen molar-refractivity contribution in [2.75, 3.05) is 4.90 Å². The van der Waals surface area contributed by atoms with Gasteiger partial charge in [-0.25, -0.2) is 4.90 Å². The first-order valence-corrected chi connectivity index (χ1v) is 10.6. The van der Waals surface area contributed by atoms with Crippen molar-refractivity contribution in [3.8, 4) is 11.4 Å². The smallest absolute Gasteiger partial charge is 0.263 e. The first kappa shape index (κ1) is 18.9. The van der Waals surface area contributed by atoms with Gasteiger partial charge in [0.25, 0.3) is 11.8 Å². The summed E-state index contributed by atoms with van der Waals surface area (Å²) in [5, 5.41) is 13.6. The Kier molecular flexibility index (Phi) is 4.17. The molecule has 0 bridgehead atoms. The van der Waals surface area contributed by atoms with Crippen LogP contribution < -0.4 is 4.90 Å². The van der Waals surface area contributed by atoms with Gasteiger partial charge in [0.15, 0.2) is 12.1 Å². The first-order chi connectivity index (χ1) is 15.6. The van der Waals surface area contributed by atoms with Crippen LogP contribution in [0.2, 0.25) is 0 Å². The molecule has 1 aromatic heterocycles. The fraction of sp³-hybridized carbons (Fsp3) is 0.304. The lowest BCUT2D eigenvalue weighted by atomic mass is 10.1. The molecular formula is C23H20N6O3. The number of carbonyl (C=O) groups is 2. The minimum Gasteiger partial charge on any atom is -0.337 e. The van der Waals surface area contributed by atoms with E-state index in [0.29, 0.717) is 17.4 Å². The van der Waals surface area contributed by atoms with Gasteiger partial charge in [0.05, 0.1) is 5.69 Å². The summed E-state index contributed by atoms with van der Waals surface area (Å²) >= 11 is 0. The Labute approximate surface area is 183 Å². The topological polar surface area (TPSA) is 104 Å². The molecule has 1 fully saturated rings. The van der Waals surface area contributed by atoms with E-state index in [1.807, 2.05) is 49.4 Å². The molecule has 9 nitrogen and oxygen atoms in total. The van der Waals surface area contributed by atoms with Gasteiger partial charge >= 0.3 is 0 Å². The number of carbonyl (C=O) groups excluding carboxylic acids is 2. The summed E-state index contributed by atoms with van der Waals surface area (Å²) in [7, 11) is 0. The zero-order valence-corrected chi connectivity index (χ0v) is 17.4. The molecule has 0 spiro atoms. The molecule has 2 aliphatic heterocycles. The van der Waals surface area contributed by atoms with Gasteiger partial charge < -0.3 is 4.52 Å². The highest BCUT2D eigenvalue weighted by Crippen LogP contribution is 2.35. The summed E-state index contributed by atoms with van der Waals surface area (Å²) in [6.45, 7) is 2.10. The second kappa shape index (κ2) is 7.08. The van der Waals surface area contributed by atoms with Crippen LogP contribution in [-0.4, -0.2) is 39.0 Å². The van der Waals surface area contributed by atoms with E-state index < -0.39 is 12.1 Å². The molecule has 2 aromatic carbocycles. The van der Waals surface area contributed by atoms with E-state index in [2.05, 4.69) is 20.5 Å². The van der Waals surface area contributed by atoms with Gasteiger partial charge in [-0.1, -0.05) is 46.3 Å². The zero-order chi connectivity index (χ0) is 21.8. The SMILES string of the molecule is Cc1ccc(-c2noc(CN3N=N[C@@H]4C(=O)N(c5ccc6c(c5)CCC6)C(=O)[C@@H]43)n2)cc1. The fourth-order valence-corrected chi connectivity index (χ4v) is 4.58.